The van der Waals surface area contributed by atoms with Crippen molar-refractivity contribution in [1.29, 1.82) is 0 Å². The molecule has 0 saturated carbocycles. The second kappa shape index (κ2) is 7.33. The zero-order valence-electron chi connectivity index (χ0n) is 14.7. The van der Waals surface area contributed by atoms with E-state index in [4.69, 9.17) is 4.98 Å². The number of hydrogen-bond acceptors (Lipinski definition) is 2. The van der Waals surface area contributed by atoms with Crippen LogP contribution >= 0.6 is 15.9 Å². The van der Waals surface area contributed by atoms with Crippen LogP contribution in [0.1, 0.15) is 15.9 Å². The highest BCUT2D eigenvalue weighted by Crippen LogP contribution is 2.30. The molecule has 1 heterocycles. The topological polar surface area (TPSA) is 42.0 Å². The van der Waals surface area contributed by atoms with Gasteiger partial charge in [-0.25, -0.2) is 4.98 Å². The van der Waals surface area contributed by atoms with Crippen molar-refractivity contribution in [3.63, 3.8) is 0 Å². The summed E-state index contributed by atoms with van der Waals surface area (Å²) >= 11 is 3.44. The maximum Gasteiger partial charge on any atom is 0.256 e. The number of para-hydroxylation sites is 1. The minimum atomic E-state index is -0.138. The van der Waals surface area contributed by atoms with Gasteiger partial charge in [-0.05, 0) is 36.8 Å². The van der Waals surface area contributed by atoms with E-state index in [9.17, 15) is 4.79 Å². The van der Waals surface area contributed by atoms with Gasteiger partial charge in [0.15, 0.2) is 0 Å². The third-order valence-electron chi connectivity index (χ3n) is 4.49. The van der Waals surface area contributed by atoms with Crippen LogP contribution in [0.5, 0.6) is 0 Å². The fourth-order valence-electron chi connectivity index (χ4n) is 3.24. The van der Waals surface area contributed by atoms with Crippen molar-refractivity contribution in [2.24, 2.45) is 0 Å². The number of carbonyl (C=O) groups excluding carboxylic acids is 1. The molecule has 0 aliphatic heterocycles. The highest BCUT2D eigenvalue weighted by atomic mass is 79.9. The number of anilines is 1. The number of carbonyl (C=O) groups is 1. The van der Waals surface area contributed by atoms with Crippen LogP contribution in [0.15, 0.2) is 83.3 Å². The van der Waals surface area contributed by atoms with Gasteiger partial charge in [-0.1, -0.05) is 70.5 Å². The molecule has 0 aliphatic rings. The van der Waals surface area contributed by atoms with E-state index in [0.29, 0.717) is 5.56 Å². The largest absolute Gasteiger partial charge is 0.322 e. The number of benzene rings is 3. The number of rotatable bonds is 3. The number of pyridine rings is 1. The van der Waals surface area contributed by atoms with Crippen molar-refractivity contribution in [3.8, 4) is 11.3 Å². The van der Waals surface area contributed by atoms with Crippen LogP contribution in [0.2, 0.25) is 0 Å². The molecule has 0 aliphatic carbocycles. The second-order valence-electron chi connectivity index (χ2n) is 6.31. The third-order valence-corrected chi connectivity index (χ3v) is 4.99. The zero-order valence-corrected chi connectivity index (χ0v) is 16.3. The lowest BCUT2D eigenvalue weighted by Crippen LogP contribution is -2.15. The van der Waals surface area contributed by atoms with Crippen molar-refractivity contribution in [2.75, 3.05) is 5.32 Å². The number of amides is 1. The molecule has 1 amide bonds. The van der Waals surface area contributed by atoms with Crippen molar-refractivity contribution < 1.29 is 4.79 Å². The molecular weight excluding hydrogens is 400 g/mol. The van der Waals surface area contributed by atoms with Gasteiger partial charge in [0.25, 0.3) is 5.91 Å². The monoisotopic (exact) mass is 416 g/mol. The molecule has 0 bridgehead atoms. The molecule has 0 unspecified atom stereocenters. The average molecular weight is 417 g/mol. The Hall–Kier alpha value is -2.98. The highest BCUT2D eigenvalue weighted by Gasteiger charge is 2.19. The van der Waals surface area contributed by atoms with Crippen molar-refractivity contribution in [3.05, 3.63) is 94.5 Å². The standard InChI is InChI=1S/C23H17BrN2O/c1-15-21(23(27)25-18-11-7-10-17(24)14-18)19-12-5-6-13-20(19)26-22(15)16-8-3-2-4-9-16/h2-14H,1H3,(H,25,27). The summed E-state index contributed by atoms with van der Waals surface area (Å²) in [5.74, 6) is -0.138. The zero-order chi connectivity index (χ0) is 18.8. The van der Waals surface area contributed by atoms with Crippen LogP contribution in [0.4, 0.5) is 5.69 Å². The Morgan fingerprint density at radius 3 is 2.44 bits per heavy atom. The Bertz CT molecular complexity index is 1140. The molecule has 132 valence electrons. The molecule has 3 aromatic carbocycles. The van der Waals surface area contributed by atoms with Gasteiger partial charge in [0.05, 0.1) is 16.8 Å². The summed E-state index contributed by atoms with van der Waals surface area (Å²) in [5, 5.41) is 3.86. The minimum absolute atomic E-state index is 0.138. The number of nitrogens with one attached hydrogen (secondary N) is 1. The van der Waals surface area contributed by atoms with Gasteiger partial charge in [-0.3, -0.25) is 4.79 Å². The molecule has 4 heteroatoms. The fraction of sp³-hybridized carbons (Fsp3) is 0.0435. The quantitative estimate of drug-likeness (QED) is 0.430. The molecule has 27 heavy (non-hydrogen) atoms. The Balaban J connectivity index is 1.88. The van der Waals surface area contributed by atoms with Gasteiger partial charge >= 0.3 is 0 Å². The van der Waals surface area contributed by atoms with E-state index >= 15 is 0 Å². The minimum Gasteiger partial charge on any atom is -0.322 e. The van der Waals surface area contributed by atoms with Gasteiger partial charge in [0, 0.05) is 21.1 Å². The van der Waals surface area contributed by atoms with E-state index in [-0.39, 0.29) is 5.91 Å². The summed E-state index contributed by atoms with van der Waals surface area (Å²) in [6.07, 6.45) is 0. The summed E-state index contributed by atoms with van der Waals surface area (Å²) in [4.78, 5) is 18.0. The average Bonchev–Trinajstić information content (AvgIpc) is 2.68. The predicted molar refractivity (Wildman–Crippen MR) is 114 cm³/mol. The maximum atomic E-state index is 13.2. The van der Waals surface area contributed by atoms with Crippen LogP contribution in [0.3, 0.4) is 0 Å². The Kier molecular flexibility index (Phi) is 4.73. The first-order valence-electron chi connectivity index (χ1n) is 8.65. The Morgan fingerprint density at radius 2 is 1.67 bits per heavy atom. The smallest absolute Gasteiger partial charge is 0.256 e. The normalized spacial score (nSPS) is 10.7. The Labute approximate surface area is 166 Å². The molecule has 4 rings (SSSR count). The van der Waals surface area contributed by atoms with Crippen molar-refractivity contribution >= 4 is 38.4 Å². The molecule has 3 nitrogen and oxygen atoms in total. The molecule has 0 radical (unpaired) electrons. The third kappa shape index (κ3) is 3.49. The summed E-state index contributed by atoms with van der Waals surface area (Å²) in [7, 11) is 0. The summed E-state index contributed by atoms with van der Waals surface area (Å²) in [5.41, 5.74) is 4.90. The molecule has 1 N–H and O–H groups in total. The van der Waals surface area contributed by atoms with Gasteiger partial charge in [-0.2, -0.15) is 0 Å². The highest BCUT2D eigenvalue weighted by molar-refractivity contribution is 9.10. The van der Waals surface area contributed by atoms with Crippen LogP contribution in [0, 0.1) is 6.92 Å². The number of aromatic nitrogens is 1. The van der Waals surface area contributed by atoms with E-state index in [2.05, 4.69) is 21.2 Å². The molecule has 1 aromatic heterocycles. The van der Waals surface area contributed by atoms with Crippen molar-refractivity contribution in [2.45, 2.75) is 6.92 Å². The number of halogens is 1. The maximum absolute atomic E-state index is 13.2. The molecule has 4 aromatic rings. The van der Waals surface area contributed by atoms with Crippen LogP contribution in [-0.2, 0) is 0 Å². The van der Waals surface area contributed by atoms with E-state index in [1.54, 1.807) is 0 Å². The van der Waals surface area contributed by atoms with E-state index in [1.165, 1.54) is 0 Å². The van der Waals surface area contributed by atoms with Gasteiger partial charge in [0.2, 0.25) is 0 Å². The van der Waals surface area contributed by atoms with E-state index in [1.807, 2.05) is 85.8 Å². The van der Waals surface area contributed by atoms with Crippen LogP contribution < -0.4 is 5.32 Å². The number of hydrogen-bond donors (Lipinski definition) is 1. The molecule has 0 spiro atoms. The van der Waals surface area contributed by atoms with E-state index < -0.39 is 0 Å². The van der Waals surface area contributed by atoms with Gasteiger partial charge in [-0.15, -0.1) is 0 Å². The second-order valence-corrected chi connectivity index (χ2v) is 7.22. The molecule has 0 fully saturated rings. The SMILES string of the molecule is Cc1c(-c2ccccc2)nc2ccccc2c1C(=O)Nc1cccc(Br)c1. The van der Waals surface area contributed by atoms with Gasteiger partial charge < -0.3 is 5.32 Å². The molecule has 0 saturated heterocycles. The lowest BCUT2D eigenvalue weighted by Gasteiger charge is -2.15. The molecular formula is C23H17BrN2O. The first-order valence-corrected chi connectivity index (χ1v) is 9.44. The predicted octanol–water partition coefficient (Wildman–Crippen LogP) is 6.23. The number of nitrogens with zero attached hydrogens (tertiary/aromatic N) is 1. The summed E-state index contributed by atoms with van der Waals surface area (Å²) in [6.45, 7) is 1.96. The number of fused-ring (bicyclic) bond motifs is 1. The van der Waals surface area contributed by atoms with E-state index in [0.717, 1.165) is 37.9 Å². The summed E-state index contributed by atoms with van der Waals surface area (Å²) in [6, 6.07) is 25.3. The van der Waals surface area contributed by atoms with Gasteiger partial charge in [0.1, 0.15) is 0 Å². The van der Waals surface area contributed by atoms with Crippen LogP contribution in [-0.4, -0.2) is 10.9 Å². The first-order chi connectivity index (χ1) is 13.1. The molecule has 0 atom stereocenters. The lowest BCUT2D eigenvalue weighted by molar-refractivity contribution is 0.102. The Morgan fingerprint density at radius 1 is 0.926 bits per heavy atom. The van der Waals surface area contributed by atoms with Crippen molar-refractivity contribution in [1.82, 2.24) is 4.98 Å². The fourth-order valence-corrected chi connectivity index (χ4v) is 3.64. The summed E-state index contributed by atoms with van der Waals surface area (Å²) < 4.78 is 0.918. The lowest BCUT2D eigenvalue weighted by atomic mass is 9.97. The van der Waals surface area contributed by atoms with Crippen LogP contribution in [0.25, 0.3) is 22.2 Å². The first kappa shape index (κ1) is 17.4.